The fourth-order valence-electron chi connectivity index (χ4n) is 3.16. The van der Waals surface area contributed by atoms with Crippen LogP contribution in [0.5, 0.6) is 0 Å². The second kappa shape index (κ2) is 5.64. The minimum absolute atomic E-state index is 0.274. The number of carbonyl (C=O) groups is 1. The molecular formula is C16H21FN2O2. The third kappa shape index (κ3) is 3.18. The quantitative estimate of drug-likeness (QED) is 0.894. The Bertz CT molecular complexity index is 545. The summed E-state index contributed by atoms with van der Waals surface area (Å²) in [7, 11) is 0. The molecule has 5 heteroatoms. The minimum Gasteiger partial charge on any atom is -0.480 e. The summed E-state index contributed by atoms with van der Waals surface area (Å²) >= 11 is 0. The van der Waals surface area contributed by atoms with Gasteiger partial charge < -0.3 is 15.3 Å². The van der Waals surface area contributed by atoms with E-state index in [4.69, 9.17) is 0 Å². The standard InChI is InChI=1S/C16H21FN2O2/c1-10-8-11(17)2-5-14(10)19-7-6-13(18-12-3-4-12)9-15(19)16(20)21/h2,5,8,12-13,15,18H,3-4,6-7,9H2,1H3,(H,20,21). The average molecular weight is 292 g/mol. The number of hydrogen-bond acceptors (Lipinski definition) is 3. The lowest BCUT2D eigenvalue weighted by atomic mass is 9.95. The average Bonchev–Trinajstić information content (AvgIpc) is 3.23. The summed E-state index contributed by atoms with van der Waals surface area (Å²) in [5, 5.41) is 13.1. The van der Waals surface area contributed by atoms with E-state index < -0.39 is 12.0 Å². The molecule has 1 saturated heterocycles. The van der Waals surface area contributed by atoms with Crippen molar-refractivity contribution in [3.05, 3.63) is 29.6 Å². The fourth-order valence-corrected chi connectivity index (χ4v) is 3.16. The van der Waals surface area contributed by atoms with Gasteiger partial charge in [-0.15, -0.1) is 0 Å². The molecule has 1 aliphatic carbocycles. The van der Waals surface area contributed by atoms with E-state index in [-0.39, 0.29) is 11.9 Å². The number of aryl methyl sites for hydroxylation is 1. The Morgan fingerprint density at radius 2 is 2.10 bits per heavy atom. The van der Waals surface area contributed by atoms with Crippen LogP contribution in [0.1, 0.15) is 31.2 Å². The number of nitrogens with one attached hydrogen (secondary N) is 1. The largest absolute Gasteiger partial charge is 0.480 e. The molecule has 0 bridgehead atoms. The first-order chi connectivity index (χ1) is 10.0. The molecule has 0 aromatic heterocycles. The molecular weight excluding hydrogens is 271 g/mol. The van der Waals surface area contributed by atoms with Gasteiger partial charge in [-0.25, -0.2) is 9.18 Å². The van der Waals surface area contributed by atoms with Gasteiger partial charge in [-0.05, 0) is 56.4 Å². The lowest BCUT2D eigenvalue weighted by molar-refractivity contribution is -0.139. The van der Waals surface area contributed by atoms with Crippen molar-refractivity contribution in [1.29, 1.82) is 0 Å². The molecule has 2 atom stereocenters. The van der Waals surface area contributed by atoms with Gasteiger partial charge in [0.25, 0.3) is 0 Å². The topological polar surface area (TPSA) is 52.6 Å². The fraction of sp³-hybridized carbons (Fsp3) is 0.562. The number of carboxylic acid groups (broad SMARTS) is 1. The second-order valence-corrected chi connectivity index (χ2v) is 6.14. The SMILES string of the molecule is Cc1cc(F)ccc1N1CCC(NC2CC2)CC1C(=O)O. The van der Waals surface area contributed by atoms with E-state index in [1.807, 2.05) is 11.8 Å². The summed E-state index contributed by atoms with van der Waals surface area (Å²) in [6, 6.07) is 4.87. The van der Waals surface area contributed by atoms with Crippen LogP contribution in [0.3, 0.4) is 0 Å². The zero-order chi connectivity index (χ0) is 15.0. The number of piperidine rings is 1. The van der Waals surface area contributed by atoms with Gasteiger partial charge >= 0.3 is 5.97 Å². The van der Waals surface area contributed by atoms with Crippen molar-refractivity contribution < 1.29 is 14.3 Å². The van der Waals surface area contributed by atoms with Crippen LogP contribution in [0.2, 0.25) is 0 Å². The molecule has 1 heterocycles. The molecule has 2 unspecified atom stereocenters. The van der Waals surface area contributed by atoms with Gasteiger partial charge in [0.05, 0.1) is 0 Å². The predicted octanol–water partition coefficient (Wildman–Crippen LogP) is 2.31. The summed E-state index contributed by atoms with van der Waals surface area (Å²) in [6.45, 7) is 2.51. The molecule has 4 nitrogen and oxygen atoms in total. The lowest BCUT2D eigenvalue weighted by Gasteiger charge is -2.39. The van der Waals surface area contributed by atoms with Crippen LogP contribution in [0.4, 0.5) is 10.1 Å². The summed E-state index contributed by atoms with van der Waals surface area (Å²) < 4.78 is 13.2. The van der Waals surface area contributed by atoms with Gasteiger partial charge in [-0.3, -0.25) is 0 Å². The summed E-state index contributed by atoms with van der Waals surface area (Å²) in [5.41, 5.74) is 1.61. The number of rotatable bonds is 4. The van der Waals surface area contributed by atoms with Crippen molar-refractivity contribution in [3.8, 4) is 0 Å². The highest BCUT2D eigenvalue weighted by Gasteiger charge is 2.36. The Balaban J connectivity index is 1.78. The molecule has 3 rings (SSSR count). The van der Waals surface area contributed by atoms with Crippen molar-refractivity contribution in [2.24, 2.45) is 0 Å². The Morgan fingerprint density at radius 1 is 1.33 bits per heavy atom. The highest BCUT2D eigenvalue weighted by molar-refractivity contribution is 5.79. The number of carboxylic acids is 1. The number of hydrogen-bond donors (Lipinski definition) is 2. The summed E-state index contributed by atoms with van der Waals surface area (Å²) in [5.74, 6) is -1.09. The zero-order valence-electron chi connectivity index (χ0n) is 12.2. The molecule has 1 aliphatic heterocycles. The van der Waals surface area contributed by atoms with Gasteiger partial charge in [0.15, 0.2) is 0 Å². The number of benzene rings is 1. The summed E-state index contributed by atoms with van der Waals surface area (Å²) in [4.78, 5) is 13.5. The van der Waals surface area contributed by atoms with E-state index in [1.54, 1.807) is 6.07 Å². The van der Waals surface area contributed by atoms with E-state index in [0.717, 1.165) is 17.7 Å². The number of aliphatic carboxylic acids is 1. The van der Waals surface area contributed by atoms with Crippen molar-refractivity contribution in [1.82, 2.24) is 5.32 Å². The van der Waals surface area contributed by atoms with Crippen LogP contribution in [0.15, 0.2) is 18.2 Å². The van der Waals surface area contributed by atoms with Crippen LogP contribution in [-0.4, -0.2) is 35.7 Å². The molecule has 21 heavy (non-hydrogen) atoms. The molecule has 114 valence electrons. The third-order valence-corrected chi connectivity index (χ3v) is 4.40. The highest BCUT2D eigenvalue weighted by atomic mass is 19.1. The molecule has 0 radical (unpaired) electrons. The van der Waals surface area contributed by atoms with Crippen LogP contribution < -0.4 is 10.2 Å². The lowest BCUT2D eigenvalue weighted by Crippen LogP contribution is -2.52. The minimum atomic E-state index is -0.805. The van der Waals surface area contributed by atoms with E-state index >= 15 is 0 Å². The number of halogens is 1. The van der Waals surface area contributed by atoms with Crippen LogP contribution in [0, 0.1) is 12.7 Å². The molecule has 0 spiro atoms. The van der Waals surface area contributed by atoms with Crippen molar-refractivity contribution in [3.63, 3.8) is 0 Å². The van der Waals surface area contributed by atoms with Gasteiger partial charge in [0.2, 0.25) is 0 Å². The third-order valence-electron chi connectivity index (χ3n) is 4.40. The normalized spacial score (nSPS) is 25.9. The van der Waals surface area contributed by atoms with Crippen LogP contribution in [-0.2, 0) is 4.79 Å². The van der Waals surface area contributed by atoms with E-state index in [9.17, 15) is 14.3 Å². The molecule has 1 aromatic rings. The zero-order valence-corrected chi connectivity index (χ0v) is 12.2. The predicted molar refractivity (Wildman–Crippen MR) is 79.1 cm³/mol. The number of anilines is 1. The van der Waals surface area contributed by atoms with Gasteiger partial charge in [0, 0.05) is 24.3 Å². The van der Waals surface area contributed by atoms with E-state index in [0.29, 0.717) is 19.0 Å². The van der Waals surface area contributed by atoms with Crippen molar-refractivity contribution in [2.75, 3.05) is 11.4 Å². The maximum atomic E-state index is 13.2. The Hall–Kier alpha value is -1.62. The maximum absolute atomic E-state index is 13.2. The monoisotopic (exact) mass is 292 g/mol. The van der Waals surface area contributed by atoms with E-state index in [1.165, 1.54) is 25.0 Å². The molecule has 2 N–H and O–H groups in total. The van der Waals surface area contributed by atoms with Crippen molar-refractivity contribution >= 4 is 11.7 Å². The Kier molecular flexibility index (Phi) is 3.85. The molecule has 0 amide bonds. The van der Waals surface area contributed by atoms with Crippen LogP contribution >= 0.6 is 0 Å². The first-order valence-corrected chi connectivity index (χ1v) is 7.56. The molecule has 1 aromatic carbocycles. The van der Waals surface area contributed by atoms with Gasteiger partial charge in [-0.2, -0.15) is 0 Å². The first-order valence-electron chi connectivity index (χ1n) is 7.56. The summed E-state index contributed by atoms with van der Waals surface area (Å²) in [6.07, 6.45) is 3.93. The van der Waals surface area contributed by atoms with E-state index in [2.05, 4.69) is 5.32 Å². The van der Waals surface area contributed by atoms with Crippen molar-refractivity contribution in [2.45, 2.75) is 50.7 Å². The highest BCUT2D eigenvalue weighted by Crippen LogP contribution is 2.30. The first kappa shape index (κ1) is 14.3. The maximum Gasteiger partial charge on any atom is 0.326 e. The Morgan fingerprint density at radius 3 is 2.71 bits per heavy atom. The number of nitrogens with zero attached hydrogens (tertiary/aromatic N) is 1. The molecule has 2 aliphatic rings. The molecule has 1 saturated carbocycles. The molecule has 2 fully saturated rings. The Labute approximate surface area is 124 Å². The smallest absolute Gasteiger partial charge is 0.326 e. The van der Waals surface area contributed by atoms with Gasteiger partial charge in [0.1, 0.15) is 11.9 Å². The van der Waals surface area contributed by atoms with Gasteiger partial charge in [-0.1, -0.05) is 0 Å². The second-order valence-electron chi connectivity index (χ2n) is 6.14. The van der Waals surface area contributed by atoms with Crippen LogP contribution in [0.25, 0.3) is 0 Å².